The smallest absolute Gasteiger partial charge is 0.362 e. The number of halogens is 8. The molecule has 172 valence electrons. The zero-order valence-corrected chi connectivity index (χ0v) is 20.2. The van der Waals surface area contributed by atoms with Gasteiger partial charge in [0.1, 0.15) is 0 Å². The molecule has 0 N–H and O–H groups in total. The zero-order valence-electron chi connectivity index (χ0n) is 14.1. The molecule has 0 saturated carbocycles. The van der Waals surface area contributed by atoms with E-state index in [2.05, 4.69) is 20.0 Å². The summed E-state index contributed by atoms with van der Waals surface area (Å²) >= 11 is 44.8. The lowest BCUT2D eigenvalue weighted by Crippen LogP contribution is -2.49. The average molecular weight is 594 g/mol. The largest absolute Gasteiger partial charge is 0.423 e. The number of nitro groups is 2. The first-order valence-electron chi connectivity index (χ1n) is 7.32. The van der Waals surface area contributed by atoms with Gasteiger partial charge in [-0.05, 0) is 69.6 Å². The highest BCUT2D eigenvalue weighted by molar-refractivity contribution is 6.65. The molecule has 30 heavy (non-hydrogen) atoms. The van der Waals surface area contributed by atoms with Gasteiger partial charge in [-0.25, -0.2) is 0 Å². The predicted molar refractivity (Wildman–Crippen MR) is 114 cm³/mol. The van der Waals surface area contributed by atoms with Crippen molar-refractivity contribution >= 4 is 103 Å². The highest BCUT2D eigenvalue weighted by atomic mass is 35.5. The molecule has 2 unspecified atom stereocenters. The van der Waals surface area contributed by atoms with Crippen molar-refractivity contribution in [2.45, 2.75) is 20.0 Å². The van der Waals surface area contributed by atoms with Gasteiger partial charge in [-0.2, -0.15) is 0 Å². The molecule has 1 saturated heterocycles. The van der Waals surface area contributed by atoms with Crippen LogP contribution in [0.2, 0.25) is 0 Å². The Kier molecular flexibility index (Phi) is 10.6. The molecule has 20 heteroatoms. The van der Waals surface area contributed by atoms with Crippen LogP contribution in [-0.2, 0) is 9.68 Å². The zero-order chi connectivity index (χ0) is 23.3. The van der Waals surface area contributed by atoms with Crippen molar-refractivity contribution in [1.29, 1.82) is 0 Å². The minimum atomic E-state index is -2.63. The summed E-state index contributed by atoms with van der Waals surface area (Å²) in [4.78, 5) is 31.6. The number of piperazine rings is 1. The van der Waals surface area contributed by atoms with E-state index in [0.717, 1.165) is 0 Å². The third-order valence-electron chi connectivity index (χ3n) is 3.28. The molecule has 1 aliphatic heterocycles. The molecular weight excluding hydrogens is 584 g/mol. The maximum atomic E-state index is 10.7. The van der Waals surface area contributed by atoms with E-state index in [0.29, 0.717) is 0 Å². The Hall–Kier alpha value is -0.340. The molecule has 0 aliphatic carbocycles. The lowest BCUT2D eigenvalue weighted by atomic mass is 10.3. The van der Waals surface area contributed by atoms with Gasteiger partial charge in [0.15, 0.2) is 0 Å². The van der Waals surface area contributed by atoms with Crippen LogP contribution in [0.3, 0.4) is 0 Å². The first kappa shape index (κ1) is 27.7. The van der Waals surface area contributed by atoms with Gasteiger partial charge in [-0.15, -0.1) is 0 Å². The third kappa shape index (κ3) is 7.37. The van der Waals surface area contributed by atoms with E-state index in [1.54, 1.807) is 0 Å². The molecule has 0 aromatic rings. The van der Waals surface area contributed by atoms with Gasteiger partial charge in [0.25, 0.3) is 0 Å². The van der Waals surface area contributed by atoms with Crippen LogP contribution in [0.5, 0.6) is 0 Å². The monoisotopic (exact) mass is 590 g/mol. The fourth-order valence-corrected chi connectivity index (χ4v) is 2.48. The van der Waals surface area contributed by atoms with Crippen molar-refractivity contribution in [2.75, 3.05) is 26.2 Å². The number of hydrogen-bond acceptors (Lipinski definition) is 8. The van der Waals surface area contributed by atoms with E-state index < -0.39 is 29.9 Å². The van der Waals surface area contributed by atoms with E-state index >= 15 is 0 Å². The Morgan fingerprint density at radius 2 is 1.07 bits per heavy atom. The number of rotatable bonds is 8. The van der Waals surface area contributed by atoms with Crippen molar-refractivity contribution in [3.63, 3.8) is 0 Å². The van der Waals surface area contributed by atoms with Crippen LogP contribution >= 0.6 is 92.8 Å². The summed E-state index contributed by atoms with van der Waals surface area (Å²) in [6.45, 7) is 1.00. The Balaban J connectivity index is 2.59. The highest BCUT2D eigenvalue weighted by Gasteiger charge is 2.50. The van der Waals surface area contributed by atoms with Gasteiger partial charge < -0.3 is 19.5 Å². The van der Waals surface area contributed by atoms with Gasteiger partial charge in [0, 0.05) is 26.2 Å². The number of hydrogen-bond donors (Lipinski definition) is 0. The fourth-order valence-electron chi connectivity index (χ4n) is 1.66. The Bertz CT molecular complexity index is 644. The van der Waals surface area contributed by atoms with Crippen LogP contribution < -0.4 is 0 Å². The first-order chi connectivity index (χ1) is 13.7. The fraction of sp³-hybridized carbons (Fsp3) is 0.800. The second-order valence-electron chi connectivity index (χ2n) is 5.23. The molecule has 2 atom stereocenters. The van der Waals surface area contributed by atoms with Crippen LogP contribution in [0.25, 0.3) is 0 Å². The topological polar surface area (TPSA) is 136 Å². The Morgan fingerprint density at radius 1 is 0.800 bits per heavy atom. The molecule has 1 aliphatic rings. The van der Waals surface area contributed by atoms with E-state index in [1.807, 2.05) is 0 Å². The number of alkyl halides is 6. The van der Waals surface area contributed by atoms with E-state index in [4.69, 9.17) is 92.8 Å². The van der Waals surface area contributed by atoms with Gasteiger partial charge in [-0.1, -0.05) is 33.5 Å². The average Bonchev–Trinajstić information content (AvgIpc) is 2.69. The van der Waals surface area contributed by atoms with Crippen molar-refractivity contribution in [2.24, 2.45) is 10.3 Å². The number of amidine groups is 2. The maximum Gasteiger partial charge on any atom is 0.423 e. The van der Waals surface area contributed by atoms with Crippen LogP contribution in [-0.4, -0.2) is 76.5 Å². The van der Waals surface area contributed by atoms with Crippen molar-refractivity contribution < 1.29 is 19.5 Å². The van der Waals surface area contributed by atoms with Crippen LogP contribution in [0.15, 0.2) is 10.3 Å². The van der Waals surface area contributed by atoms with Crippen molar-refractivity contribution in [1.82, 2.24) is 9.80 Å². The summed E-state index contributed by atoms with van der Waals surface area (Å²) < 4.78 is -5.27. The molecule has 0 amide bonds. The lowest BCUT2D eigenvalue weighted by Gasteiger charge is -2.34. The molecule has 0 radical (unpaired) electrons. The summed E-state index contributed by atoms with van der Waals surface area (Å²) in [5, 5.41) is 27.9. The molecule has 0 aromatic carbocycles. The number of oxime groups is 2. The first-order valence-corrected chi connectivity index (χ1v) is 10.5. The molecular formula is C10H10Cl8N6O6. The van der Waals surface area contributed by atoms with Crippen LogP contribution in [0.4, 0.5) is 0 Å². The predicted octanol–water partition coefficient (Wildman–Crippen LogP) is 3.60. The lowest BCUT2D eigenvalue weighted by molar-refractivity contribution is -0.523. The molecule has 0 aromatic heterocycles. The normalized spacial score (nSPS) is 18.7. The van der Waals surface area contributed by atoms with E-state index in [1.165, 1.54) is 9.80 Å². The third-order valence-corrected chi connectivity index (χ3v) is 6.47. The molecule has 1 rings (SSSR count). The van der Waals surface area contributed by atoms with Crippen molar-refractivity contribution in [3.8, 4) is 0 Å². The Morgan fingerprint density at radius 3 is 1.30 bits per heavy atom. The van der Waals surface area contributed by atoms with E-state index in [9.17, 15) is 20.2 Å². The molecule has 1 heterocycles. The minimum Gasteiger partial charge on any atom is -0.362 e. The van der Waals surface area contributed by atoms with Gasteiger partial charge in [0.05, 0.1) is 9.85 Å². The number of nitrogens with zero attached hydrogens (tertiary/aromatic N) is 6. The molecule has 0 spiro atoms. The summed E-state index contributed by atoms with van der Waals surface area (Å²) in [7, 11) is 0. The summed E-state index contributed by atoms with van der Waals surface area (Å²) in [5.41, 5.74) is -3.63. The van der Waals surface area contributed by atoms with Gasteiger partial charge in [0.2, 0.25) is 10.6 Å². The molecule has 1 fully saturated rings. The summed E-state index contributed by atoms with van der Waals surface area (Å²) in [6.07, 6.45) is 0. The summed E-state index contributed by atoms with van der Waals surface area (Å²) in [6, 6.07) is 0. The highest BCUT2D eigenvalue weighted by Crippen LogP contribution is 2.32. The second kappa shape index (κ2) is 11.5. The summed E-state index contributed by atoms with van der Waals surface area (Å²) in [5.74, 6) is 0. The van der Waals surface area contributed by atoms with Crippen LogP contribution in [0.1, 0.15) is 0 Å². The molecule has 12 nitrogen and oxygen atoms in total. The van der Waals surface area contributed by atoms with Gasteiger partial charge >= 0.3 is 20.0 Å². The van der Waals surface area contributed by atoms with E-state index in [-0.39, 0.29) is 36.8 Å². The SMILES string of the molecule is O=[N+]([O-])C(Cl)(Cl)C(Cl)O/N=C(\Cl)N1CCN(/C(Cl)=N/OC(Cl)C(Cl)(Cl)[N+](=O)[O-])CC1. The van der Waals surface area contributed by atoms with Crippen molar-refractivity contribution in [3.05, 3.63) is 20.2 Å². The standard InChI is InChI=1S/C10H10Cl8N6O6/c11-5(9(15,16)23(25)26)29-19-7(13)21-1-2-22(4-3-21)8(14)20-30-6(12)10(17,18)24(27)28/h5-6H,1-4H2/b19-7+,20-8+. The quantitative estimate of drug-likeness (QED) is 0.104. The Labute approximate surface area is 208 Å². The minimum absolute atomic E-state index is 0.182. The molecule has 0 bridgehead atoms. The van der Waals surface area contributed by atoms with Gasteiger partial charge in [-0.3, -0.25) is 20.2 Å². The second-order valence-corrected chi connectivity index (χ2v) is 9.39. The van der Waals surface area contributed by atoms with Crippen LogP contribution in [0, 0.1) is 20.2 Å². The maximum absolute atomic E-state index is 10.7.